The molecule has 1 aliphatic rings. The highest BCUT2D eigenvalue weighted by atomic mass is 16.4. The predicted molar refractivity (Wildman–Crippen MR) is 81.1 cm³/mol. The first-order valence-corrected chi connectivity index (χ1v) is 7.05. The summed E-state index contributed by atoms with van der Waals surface area (Å²) in [4.78, 5) is 25.0. The fourth-order valence-corrected chi connectivity index (χ4v) is 2.50. The van der Waals surface area contributed by atoms with E-state index in [0.717, 1.165) is 32.0 Å². The van der Waals surface area contributed by atoms with Crippen LogP contribution in [0.3, 0.4) is 0 Å². The van der Waals surface area contributed by atoms with Gasteiger partial charge in [0.15, 0.2) is 0 Å². The van der Waals surface area contributed by atoms with E-state index in [2.05, 4.69) is 17.3 Å². The normalized spacial score (nSPS) is 19.6. The molecule has 21 heavy (non-hydrogen) atoms. The van der Waals surface area contributed by atoms with Crippen molar-refractivity contribution in [1.82, 2.24) is 10.2 Å². The highest BCUT2D eigenvalue weighted by Crippen LogP contribution is 2.11. The van der Waals surface area contributed by atoms with E-state index in [-0.39, 0.29) is 11.9 Å². The molecule has 1 heterocycles. The molecule has 0 bridgehead atoms. The summed E-state index contributed by atoms with van der Waals surface area (Å²) in [6.45, 7) is 1.94. The Morgan fingerprint density at radius 3 is 2.95 bits per heavy atom. The number of hydrogen-bond acceptors (Lipinski definition) is 3. The average Bonchev–Trinajstić information content (AvgIpc) is 2.45. The summed E-state index contributed by atoms with van der Waals surface area (Å²) in [6.07, 6.45) is 4.62. The Morgan fingerprint density at radius 1 is 1.43 bits per heavy atom. The molecule has 5 heteroatoms. The second-order valence-corrected chi connectivity index (χ2v) is 5.37. The van der Waals surface area contributed by atoms with Crippen LogP contribution in [0.25, 0.3) is 6.08 Å². The third-order valence-corrected chi connectivity index (χ3v) is 3.53. The molecule has 1 fully saturated rings. The molecule has 0 saturated carbocycles. The maximum Gasteiger partial charge on any atom is 0.328 e. The molecule has 2 rings (SSSR count). The standard InChI is InChI=1S/C16H20N2O3/c1-18-9-3-6-14(11-18)17-16(21)13-5-2-4-12(10-13)7-8-15(19)20/h2,4-5,7-8,10,14H,3,6,9,11H2,1H3,(H,17,21)(H,19,20). The van der Waals surface area contributed by atoms with Crippen molar-refractivity contribution in [2.75, 3.05) is 20.1 Å². The summed E-state index contributed by atoms with van der Waals surface area (Å²) in [5.74, 6) is -1.11. The largest absolute Gasteiger partial charge is 0.478 e. The minimum absolute atomic E-state index is 0.110. The summed E-state index contributed by atoms with van der Waals surface area (Å²) in [5.41, 5.74) is 1.25. The third kappa shape index (κ3) is 4.72. The van der Waals surface area contributed by atoms with Crippen LogP contribution >= 0.6 is 0 Å². The van der Waals surface area contributed by atoms with Crippen molar-refractivity contribution in [3.63, 3.8) is 0 Å². The summed E-state index contributed by atoms with van der Waals surface area (Å²) >= 11 is 0. The maximum absolute atomic E-state index is 12.2. The zero-order chi connectivity index (χ0) is 15.2. The number of carbonyl (C=O) groups is 2. The molecule has 112 valence electrons. The molecule has 5 nitrogen and oxygen atoms in total. The van der Waals surface area contributed by atoms with Crippen LogP contribution in [0.2, 0.25) is 0 Å². The summed E-state index contributed by atoms with van der Waals surface area (Å²) in [6, 6.07) is 7.13. The van der Waals surface area contributed by atoms with E-state index in [0.29, 0.717) is 11.1 Å². The van der Waals surface area contributed by atoms with Crippen LogP contribution in [0.1, 0.15) is 28.8 Å². The SMILES string of the molecule is CN1CCCC(NC(=O)c2cccc(C=CC(=O)O)c2)C1. The van der Waals surface area contributed by atoms with Gasteiger partial charge < -0.3 is 15.3 Å². The van der Waals surface area contributed by atoms with Crippen molar-refractivity contribution in [2.45, 2.75) is 18.9 Å². The van der Waals surface area contributed by atoms with E-state index in [1.807, 2.05) is 0 Å². The van der Waals surface area contributed by atoms with E-state index < -0.39 is 5.97 Å². The van der Waals surface area contributed by atoms with Gasteiger partial charge in [-0.1, -0.05) is 12.1 Å². The molecule has 1 atom stereocenters. The van der Waals surface area contributed by atoms with Crippen LogP contribution in [0.4, 0.5) is 0 Å². The number of carboxylic acid groups (broad SMARTS) is 1. The van der Waals surface area contributed by atoms with Crippen molar-refractivity contribution in [3.05, 3.63) is 41.5 Å². The summed E-state index contributed by atoms with van der Waals surface area (Å²) < 4.78 is 0. The van der Waals surface area contributed by atoms with E-state index >= 15 is 0 Å². The first-order chi connectivity index (χ1) is 10.0. The molecule has 1 unspecified atom stereocenters. The minimum atomic E-state index is -1.00. The summed E-state index contributed by atoms with van der Waals surface area (Å²) in [5, 5.41) is 11.7. The lowest BCUT2D eigenvalue weighted by Crippen LogP contribution is -2.46. The molecule has 1 aromatic rings. The predicted octanol–water partition coefficient (Wildman–Crippen LogP) is 1.61. The second kappa shape index (κ2) is 7.04. The van der Waals surface area contributed by atoms with Crippen molar-refractivity contribution >= 4 is 18.0 Å². The lowest BCUT2D eigenvalue weighted by Gasteiger charge is -2.30. The van der Waals surface area contributed by atoms with Gasteiger partial charge >= 0.3 is 5.97 Å². The second-order valence-electron chi connectivity index (χ2n) is 5.37. The number of amides is 1. The van der Waals surface area contributed by atoms with Crippen LogP contribution in [0.5, 0.6) is 0 Å². The van der Waals surface area contributed by atoms with Crippen LogP contribution < -0.4 is 5.32 Å². The van der Waals surface area contributed by atoms with Gasteiger partial charge in [0.2, 0.25) is 0 Å². The highest BCUT2D eigenvalue weighted by molar-refractivity contribution is 5.95. The van der Waals surface area contributed by atoms with E-state index in [9.17, 15) is 9.59 Å². The number of aliphatic carboxylic acids is 1. The smallest absolute Gasteiger partial charge is 0.328 e. The van der Waals surface area contributed by atoms with Crippen molar-refractivity contribution in [1.29, 1.82) is 0 Å². The Hall–Kier alpha value is -2.14. The van der Waals surface area contributed by atoms with Gasteiger partial charge in [-0.3, -0.25) is 4.79 Å². The Bertz CT molecular complexity index is 554. The average molecular weight is 288 g/mol. The lowest BCUT2D eigenvalue weighted by molar-refractivity contribution is -0.131. The maximum atomic E-state index is 12.2. The number of nitrogens with one attached hydrogen (secondary N) is 1. The Morgan fingerprint density at radius 2 is 2.24 bits per heavy atom. The molecule has 1 saturated heterocycles. The van der Waals surface area contributed by atoms with Crippen LogP contribution in [-0.4, -0.2) is 48.1 Å². The Labute approximate surface area is 124 Å². The fraction of sp³-hybridized carbons (Fsp3) is 0.375. The lowest BCUT2D eigenvalue weighted by atomic mass is 10.0. The number of piperidine rings is 1. The molecular formula is C16H20N2O3. The van der Waals surface area contributed by atoms with E-state index in [1.165, 1.54) is 6.08 Å². The Kier molecular flexibility index (Phi) is 5.11. The van der Waals surface area contributed by atoms with E-state index in [1.54, 1.807) is 24.3 Å². The van der Waals surface area contributed by atoms with Gasteiger partial charge in [-0.2, -0.15) is 0 Å². The monoisotopic (exact) mass is 288 g/mol. The van der Waals surface area contributed by atoms with Crippen molar-refractivity contribution in [3.8, 4) is 0 Å². The van der Waals surface area contributed by atoms with Gasteiger partial charge in [0.05, 0.1) is 0 Å². The first-order valence-electron chi connectivity index (χ1n) is 7.05. The molecule has 1 aliphatic heterocycles. The number of carbonyl (C=O) groups excluding carboxylic acids is 1. The van der Waals surface area contributed by atoms with Gasteiger partial charge in [0.1, 0.15) is 0 Å². The number of rotatable bonds is 4. The molecule has 0 aromatic heterocycles. The van der Waals surface area contributed by atoms with Crippen LogP contribution in [-0.2, 0) is 4.79 Å². The van der Waals surface area contributed by atoms with Gasteiger partial charge in [-0.15, -0.1) is 0 Å². The highest BCUT2D eigenvalue weighted by Gasteiger charge is 2.19. The zero-order valence-electron chi connectivity index (χ0n) is 12.1. The number of likely N-dealkylation sites (N-methyl/N-ethyl adjacent to an activating group) is 1. The topological polar surface area (TPSA) is 69.6 Å². The number of benzene rings is 1. The number of carboxylic acids is 1. The van der Waals surface area contributed by atoms with Crippen molar-refractivity contribution in [2.24, 2.45) is 0 Å². The first kappa shape index (κ1) is 15.3. The molecule has 0 radical (unpaired) electrons. The zero-order valence-corrected chi connectivity index (χ0v) is 12.1. The molecule has 1 aromatic carbocycles. The van der Waals surface area contributed by atoms with Crippen LogP contribution in [0, 0.1) is 0 Å². The molecule has 2 N–H and O–H groups in total. The summed E-state index contributed by atoms with van der Waals surface area (Å²) in [7, 11) is 2.05. The van der Waals surface area contributed by atoms with Gasteiger partial charge in [-0.05, 0) is 50.2 Å². The third-order valence-electron chi connectivity index (χ3n) is 3.53. The number of likely N-dealkylation sites (tertiary alicyclic amines) is 1. The van der Waals surface area contributed by atoms with Gasteiger partial charge in [0.25, 0.3) is 5.91 Å². The minimum Gasteiger partial charge on any atom is -0.478 e. The number of hydrogen-bond donors (Lipinski definition) is 2. The van der Waals surface area contributed by atoms with Gasteiger partial charge in [-0.25, -0.2) is 4.79 Å². The van der Waals surface area contributed by atoms with E-state index in [4.69, 9.17) is 5.11 Å². The van der Waals surface area contributed by atoms with Crippen molar-refractivity contribution < 1.29 is 14.7 Å². The quantitative estimate of drug-likeness (QED) is 0.826. The Balaban J connectivity index is 2.02. The molecular weight excluding hydrogens is 268 g/mol. The molecule has 1 amide bonds. The molecule has 0 aliphatic carbocycles. The van der Waals surface area contributed by atoms with Gasteiger partial charge in [0, 0.05) is 24.2 Å². The number of nitrogens with zero attached hydrogens (tertiary/aromatic N) is 1. The fourth-order valence-electron chi connectivity index (χ4n) is 2.50. The molecule has 0 spiro atoms. The van der Waals surface area contributed by atoms with Crippen LogP contribution in [0.15, 0.2) is 30.3 Å².